The molecule has 0 rings (SSSR count). The Morgan fingerprint density at radius 3 is 1.10 bits per heavy atom. The minimum Gasteiger partial charge on any atom is -0.298 e. The number of carbonyl (C=O) groups excluding carboxylic acids is 1. The lowest BCUT2D eigenvalue weighted by atomic mass is 9.91. The maximum Gasteiger partial charge on any atom is 0.460 e. The average molecular weight is 702 g/mol. The predicted octanol–water partition coefficient (Wildman–Crippen LogP) is 8.06. The molecular weight excluding hydrogens is 679 g/mol. The number of hydrogen-bond donors (Lipinski definition) is 0. The van der Waals surface area contributed by atoms with Crippen LogP contribution in [0.3, 0.4) is 0 Å². The molecule has 0 aliphatic heterocycles. The Morgan fingerprint density at radius 2 is 0.833 bits per heavy atom. The second kappa shape index (κ2) is 10.4. The van der Waals surface area contributed by atoms with Gasteiger partial charge in [-0.1, -0.05) is 41.5 Å². The van der Waals surface area contributed by atoms with Crippen molar-refractivity contribution in [1.82, 2.24) is 0 Å². The lowest BCUT2D eigenvalue weighted by Gasteiger charge is -2.47. The fraction of sp³-hybridized carbons (Fsp3) is 0.947. The van der Waals surface area contributed by atoms with Crippen LogP contribution in [0.15, 0.2) is 0 Å². The van der Waals surface area contributed by atoms with Crippen LogP contribution in [0.2, 0.25) is 0 Å². The smallest absolute Gasteiger partial charge is 0.298 e. The molecule has 0 saturated heterocycles. The molecule has 0 heterocycles. The Balaban J connectivity index is 7.18. The first-order valence-electron chi connectivity index (χ1n) is 10.5. The van der Waals surface area contributed by atoms with E-state index in [-0.39, 0.29) is 0 Å². The maximum absolute atomic E-state index is 14.5. The zero-order valence-electron chi connectivity index (χ0n) is 22.1. The first-order valence-corrected chi connectivity index (χ1v) is 14.1. The molecule has 42 heavy (non-hydrogen) atoms. The van der Waals surface area contributed by atoms with Gasteiger partial charge in [-0.05, 0) is 6.26 Å². The largest absolute Gasteiger partial charge is 0.460 e. The fourth-order valence-electron chi connectivity index (χ4n) is 2.36. The summed E-state index contributed by atoms with van der Waals surface area (Å²) in [4.78, 5) is 12.4. The van der Waals surface area contributed by atoms with Gasteiger partial charge in [-0.2, -0.15) is 83.1 Å². The van der Waals surface area contributed by atoms with Crippen LogP contribution < -0.4 is 0 Å². The molecule has 4 nitrogen and oxygen atoms in total. The maximum atomic E-state index is 14.5. The van der Waals surface area contributed by atoms with Crippen LogP contribution in [-0.2, 0) is 18.5 Å². The minimum atomic E-state index is -8.94. The van der Waals surface area contributed by atoms with Crippen LogP contribution in [0, 0.1) is 5.41 Å². The first kappa shape index (κ1) is 40.7. The number of hydrogen-bond acceptors (Lipinski definition) is 4. The summed E-state index contributed by atoms with van der Waals surface area (Å²) >= 11 is 0. The molecule has 0 radical (unpaired) electrons. The molecule has 0 aliphatic rings. The van der Waals surface area contributed by atoms with E-state index in [1.54, 1.807) is 0 Å². The Hall–Kier alpha value is -1.26. The monoisotopic (exact) mass is 702 g/mol. The lowest BCUT2D eigenvalue weighted by molar-refractivity contribution is -0.458. The molecular formula is C19H23F17O4S2. The number of ketones is 1. The highest BCUT2D eigenvalue weighted by atomic mass is 32.3. The van der Waals surface area contributed by atoms with Crippen LogP contribution in [0.1, 0.15) is 41.5 Å². The van der Waals surface area contributed by atoms with Gasteiger partial charge < -0.3 is 0 Å². The highest BCUT2D eigenvalue weighted by molar-refractivity contribution is 8.34. The second-order valence-corrected chi connectivity index (χ2v) is 16.4. The van der Waals surface area contributed by atoms with Crippen molar-refractivity contribution in [2.75, 3.05) is 12.0 Å². The van der Waals surface area contributed by atoms with Crippen molar-refractivity contribution in [2.24, 2.45) is 5.41 Å². The zero-order chi connectivity index (χ0) is 35.0. The Morgan fingerprint density at radius 1 is 0.548 bits per heavy atom. The molecule has 0 aromatic rings. The molecule has 0 bridgehead atoms. The summed E-state index contributed by atoms with van der Waals surface area (Å²) in [5.41, 5.74) is -1.43. The molecule has 0 aromatic carbocycles. The van der Waals surface area contributed by atoms with Gasteiger partial charge in [-0.3, -0.25) is 4.79 Å². The number of carbonyl (C=O) groups is 1. The topological polar surface area (TPSA) is 60.4 Å². The van der Waals surface area contributed by atoms with E-state index in [1.807, 2.05) is 0 Å². The number of rotatable bonds is 11. The van der Waals surface area contributed by atoms with Crippen molar-refractivity contribution in [3.05, 3.63) is 0 Å². The van der Waals surface area contributed by atoms with E-state index < -0.39 is 89.1 Å². The van der Waals surface area contributed by atoms with Gasteiger partial charge in [-0.15, -0.1) is 10.3 Å². The van der Waals surface area contributed by atoms with E-state index in [1.165, 1.54) is 20.8 Å². The van der Waals surface area contributed by atoms with E-state index >= 15 is 0 Å². The number of halogens is 17. The van der Waals surface area contributed by atoms with Crippen LogP contribution >= 0.6 is 10.3 Å². The molecule has 23 heteroatoms. The number of Topliss-reactive ketones (excluding diaryl/α,β-unsaturated/α-hetero) is 1. The summed E-state index contributed by atoms with van der Waals surface area (Å²) in [5.74, 6) is -54.5. The van der Waals surface area contributed by atoms with Crippen molar-refractivity contribution in [2.45, 2.75) is 93.3 Å². The standard InChI is InChI=1S/C19H23F17O4S2/c1-10(2,3)9(37)8-41(7,11(4,5)6)40-42(38,39)19(35,36)17(30,31)15(26,27)13(22,23)12(20,21)14(24,25)16(28,29)18(32,33)34/h8H2,1-7H3. The van der Waals surface area contributed by atoms with Gasteiger partial charge in [0.15, 0.2) is 0 Å². The summed E-state index contributed by atoms with van der Waals surface area (Å²) < 4.78 is 256. The van der Waals surface area contributed by atoms with Crippen molar-refractivity contribution in [1.29, 1.82) is 0 Å². The molecule has 0 aromatic heterocycles. The molecule has 1 unspecified atom stereocenters. The van der Waals surface area contributed by atoms with E-state index in [0.29, 0.717) is 6.26 Å². The molecule has 0 saturated carbocycles. The fourth-order valence-corrected chi connectivity index (χ4v) is 7.10. The SMILES string of the molecule is CC(C)(C)C(=O)CS(C)(OS(=O)(=O)C(F)(F)C(F)(F)C(F)(F)C(F)(F)C(F)(F)C(F)(F)C(F)(F)C(F)(F)F)C(C)(C)C. The van der Waals surface area contributed by atoms with E-state index in [4.69, 9.17) is 0 Å². The van der Waals surface area contributed by atoms with Gasteiger partial charge in [0.2, 0.25) is 0 Å². The highest BCUT2D eigenvalue weighted by Crippen LogP contribution is 2.66. The van der Waals surface area contributed by atoms with Crippen LogP contribution in [0.5, 0.6) is 0 Å². The lowest BCUT2D eigenvalue weighted by Crippen LogP contribution is -2.75. The summed E-state index contributed by atoms with van der Waals surface area (Å²) in [6, 6.07) is 0. The quantitative estimate of drug-likeness (QED) is 0.205. The Bertz CT molecular complexity index is 1130. The number of alkyl halides is 17. The van der Waals surface area contributed by atoms with Gasteiger partial charge in [-0.25, -0.2) is 3.63 Å². The second-order valence-electron chi connectivity index (χ2n) is 10.9. The van der Waals surface area contributed by atoms with Crippen LogP contribution in [0.25, 0.3) is 0 Å². The Kier molecular flexibility index (Phi) is 10.1. The van der Waals surface area contributed by atoms with Gasteiger partial charge in [0.1, 0.15) is 5.78 Å². The van der Waals surface area contributed by atoms with Crippen LogP contribution in [0.4, 0.5) is 74.6 Å². The van der Waals surface area contributed by atoms with Gasteiger partial charge >= 0.3 is 57.1 Å². The molecule has 254 valence electrons. The average Bonchev–Trinajstić information content (AvgIpc) is 2.69. The molecule has 0 amide bonds. The van der Waals surface area contributed by atoms with Gasteiger partial charge in [0.05, 0.1) is 5.75 Å². The van der Waals surface area contributed by atoms with E-state index in [2.05, 4.69) is 3.63 Å². The highest BCUT2D eigenvalue weighted by Gasteiger charge is 2.96. The predicted molar refractivity (Wildman–Crippen MR) is 113 cm³/mol. The summed E-state index contributed by atoms with van der Waals surface area (Å²) in [6.07, 6.45) is -7.37. The molecule has 0 N–H and O–H groups in total. The Labute approximate surface area is 228 Å². The third kappa shape index (κ3) is 5.90. The molecule has 0 aliphatic carbocycles. The van der Waals surface area contributed by atoms with E-state index in [9.17, 15) is 87.8 Å². The van der Waals surface area contributed by atoms with Gasteiger partial charge in [0.25, 0.3) is 0 Å². The third-order valence-corrected chi connectivity index (χ3v) is 12.0. The van der Waals surface area contributed by atoms with Crippen molar-refractivity contribution in [3.8, 4) is 0 Å². The van der Waals surface area contributed by atoms with E-state index in [0.717, 1.165) is 20.8 Å². The summed E-state index contributed by atoms with van der Waals surface area (Å²) in [7, 11) is -11.9. The molecule has 1 atom stereocenters. The van der Waals surface area contributed by atoms with Crippen LogP contribution in [-0.4, -0.2) is 77.9 Å². The minimum absolute atomic E-state index is 0.545. The normalized spacial score (nSPS) is 18.5. The third-order valence-electron chi connectivity index (χ3n) is 5.79. The van der Waals surface area contributed by atoms with Gasteiger partial charge in [0, 0.05) is 10.2 Å². The first-order chi connectivity index (χ1) is 17.6. The molecule has 0 fully saturated rings. The molecule has 0 spiro atoms. The van der Waals surface area contributed by atoms with Crippen molar-refractivity contribution >= 4 is 26.2 Å². The summed E-state index contributed by atoms with van der Waals surface area (Å²) in [6.45, 7) is 6.35. The summed E-state index contributed by atoms with van der Waals surface area (Å²) in [5, 5.41) is -7.81. The zero-order valence-corrected chi connectivity index (χ0v) is 23.7. The van der Waals surface area contributed by atoms with Crippen molar-refractivity contribution < 1.29 is 91.5 Å². The van der Waals surface area contributed by atoms with Crippen molar-refractivity contribution in [3.63, 3.8) is 0 Å².